The zero-order valence-electron chi connectivity index (χ0n) is 16.5. The van der Waals surface area contributed by atoms with Crippen LogP contribution in [0.3, 0.4) is 0 Å². The first-order valence-electron chi connectivity index (χ1n) is 10.3. The van der Waals surface area contributed by atoms with Crippen LogP contribution in [-0.4, -0.2) is 59.5 Å². The van der Waals surface area contributed by atoms with Crippen LogP contribution in [0.4, 0.5) is 0 Å². The second kappa shape index (κ2) is 14.2. The van der Waals surface area contributed by atoms with E-state index in [-0.39, 0.29) is 0 Å². The molecule has 0 N–H and O–H groups in total. The van der Waals surface area contributed by atoms with E-state index in [1.165, 1.54) is 44.9 Å². The summed E-state index contributed by atoms with van der Waals surface area (Å²) in [6.45, 7) is 13.6. The first kappa shape index (κ1) is 22.1. The lowest BCUT2D eigenvalue weighted by atomic mass is 10.3. The average Bonchev–Trinajstić information content (AvgIpc) is 2.63. The molecule has 1 saturated heterocycles. The van der Waals surface area contributed by atoms with Gasteiger partial charge in [0.25, 0.3) is 0 Å². The van der Waals surface area contributed by atoms with Crippen LogP contribution in [0.2, 0.25) is 12.1 Å². The Bertz CT molecular complexity index is 274. The highest BCUT2D eigenvalue weighted by Gasteiger charge is 2.35. The van der Waals surface area contributed by atoms with Crippen molar-refractivity contribution >= 4 is 8.56 Å². The van der Waals surface area contributed by atoms with Gasteiger partial charge in [-0.1, -0.05) is 46.5 Å². The molecule has 0 saturated carbocycles. The van der Waals surface area contributed by atoms with Gasteiger partial charge in [-0.2, -0.15) is 0 Å². The zero-order valence-corrected chi connectivity index (χ0v) is 17.5. The summed E-state index contributed by atoms with van der Waals surface area (Å²) < 4.78 is 18.3. The Morgan fingerprint density at radius 2 is 1.42 bits per heavy atom. The highest BCUT2D eigenvalue weighted by molar-refractivity contribution is 6.67. The lowest BCUT2D eigenvalue weighted by molar-refractivity contribution is 0.0375. The van der Waals surface area contributed by atoms with Crippen molar-refractivity contribution < 1.29 is 13.6 Å². The van der Waals surface area contributed by atoms with Crippen LogP contribution >= 0.6 is 0 Å². The van der Waals surface area contributed by atoms with Crippen molar-refractivity contribution in [2.45, 2.75) is 77.8 Å². The molecule has 24 heavy (non-hydrogen) atoms. The molecule has 0 aliphatic carbocycles. The van der Waals surface area contributed by atoms with Gasteiger partial charge in [-0.3, -0.25) is 4.90 Å². The second-order valence-corrected chi connectivity index (χ2v) is 10.5. The van der Waals surface area contributed by atoms with Crippen LogP contribution in [-0.2, 0) is 13.6 Å². The van der Waals surface area contributed by atoms with Crippen molar-refractivity contribution in [2.75, 3.05) is 46.1 Å². The third kappa shape index (κ3) is 9.52. The Kier molecular flexibility index (Phi) is 13.1. The Hall–Kier alpha value is 0.0569. The highest BCUT2D eigenvalue weighted by Crippen LogP contribution is 2.23. The van der Waals surface area contributed by atoms with E-state index < -0.39 is 8.56 Å². The maximum absolute atomic E-state index is 6.42. The zero-order chi connectivity index (χ0) is 17.5. The van der Waals surface area contributed by atoms with Crippen LogP contribution in [0, 0.1) is 0 Å². The smallest absolute Gasteiger partial charge is 0.337 e. The summed E-state index contributed by atoms with van der Waals surface area (Å²) in [6.07, 6.45) is 8.56. The fraction of sp³-hybridized carbons (Fsp3) is 1.00. The predicted molar refractivity (Wildman–Crippen MR) is 104 cm³/mol. The lowest BCUT2D eigenvalue weighted by Crippen LogP contribution is -2.43. The fourth-order valence-corrected chi connectivity index (χ4v) is 6.05. The van der Waals surface area contributed by atoms with Crippen LogP contribution in [0.1, 0.15) is 65.7 Å². The largest absolute Gasteiger partial charge is 0.394 e. The van der Waals surface area contributed by atoms with Gasteiger partial charge in [0, 0.05) is 26.3 Å². The summed E-state index contributed by atoms with van der Waals surface area (Å²) in [5.41, 5.74) is 0. The molecule has 0 radical (unpaired) electrons. The van der Waals surface area contributed by atoms with Crippen molar-refractivity contribution in [1.29, 1.82) is 0 Å². The molecule has 0 unspecified atom stereocenters. The second-order valence-electron chi connectivity index (χ2n) is 6.93. The normalized spacial score (nSPS) is 16.6. The molecule has 1 aliphatic rings. The third-order valence-electron chi connectivity index (χ3n) is 4.90. The summed E-state index contributed by atoms with van der Waals surface area (Å²) in [7, 11) is -2.01. The van der Waals surface area contributed by atoms with E-state index in [0.29, 0.717) is 0 Å². The Morgan fingerprint density at radius 1 is 0.833 bits per heavy atom. The molecule has 0 spiro atoms. The van der Waals surface area contributed by atoms with Gasteiger partial charge in [-0.05, 0) is 37.9 Å². The van der Waals surface area contributed by atoms with Crippen molar-refractivity contribution in [3.63, 3.8) is 0 Å². The van der Waals surface area contributed by atoms with Crippen LogP contribution < -0.4 is 0 Å². The molecule has 0 amide bonds. The molecule has 1 heterocycles. The van der Waals surface area contributed by atoms with Crippen LogP contribution in [0.15, 0.2) is 0 Å². The van der Waals surface area contributed by atoms with Gasteiger partial charge in [0.05, 0.1) is 13.2 Å². The van der Waals surface area contributed by atoms with Gasteiger partial charge in [-0.15, -0.1) is 0 Å². The fourth-order valence-electron chi connectivity index (χ4n) is 3.18. The topological polar surface area (TPSA) is 30.9 Å². The molecule has 0 atom stereocenters. The minimum Gasteiger partial charge on any atom is -0.394 e. The van der Waals surface area contributed by atoms with Gasteiger partial charge in [-0.25, -0.2) is 0 Å². The van der Waals surface area contributed by atoms with Gasteiger partial charge in [0.2, 0.25) is 0 Å². The van der Waals surface area contributed by atoms with Crippen LogP contribution in [0.25, 0.3) is 0 Å². The minimum absolute atomic E-state index is 0.886. The number of morpholine rings is 1. The third-order valence-corrected chi connectivity index (χ3v) is 8.55. The van der Waals surface area contributed by atoms with Crippen molar-refractivity contribution in [3.05, 3.63) is 0 Å². The van der Waals surface area contributed by atoms with E-state index in [2.05, 4.69) is 25.7 Å². The summed E-state index contributed by atoms with van der Waals surface area (Å²) in [4.78, 5) is 2.52. The molecule has 1 aliphatic heterocycles. The average molecular weight is 360 g/mol. The van der Waals surface area contributed by atoms with E-state index >= 15 is 0 Å². The number of ether oxygens (including phenoxy) is 1. The van der Waals surface area contributed by atoms with E-state index in [9.17, 15) is 0 Å². The number of nitrogens with zero attached hydrogens (tertiary/aromatic N) is 1. The molecular weight excluding hydrogens is 318 g/mol. The molecule has 0 bridgehead atoms. The maximum Gasteiger partial charge on any atom is 0.337 e. The lowest BCUT2D eigenvalue weighted by Gasteiger charge is -2.32. The molecular formula is C19H41NO3Si. The molecule has 1 rings (SSSR count). The molecule has 0 aromatic carbocycles. The van der Waals surface area contributed by atoms with Gasteiger partial charge in [0.15, 0.2) is 0 Å². The number of hydrogen-bond acceptors (Lipinski definition) is 4. The van der Waals surface area contributed by atoms with E-state index in [4.69, 9.17) is 13.6 Å². The summed E-state index contributed by atoms with van der Waals surface area (Å²) in [5.74, 6) is 0. The Morgan fingerprint density at radius 3 is 1.92 bits per heavy atom. The molecule has 0 aromatic rings. The van der Waals surface area contributed by atoms with Gasteiger partial charge in [0.1, 0.15) is 0 Å². The number of rotatable bonds is 15. The molecule has 5 heteroatoms. The molecule has 1 fully saturated rings. The summed E-state index contributed by atoms with van der Waals surface area (Å²) in [6, 6.07) is 2.22. The number of unbranched alkanes of at least 4 members (excludes halogenated alkanes) is 4. The van der Waals surface area contributed by atoms with Crippen LogP contribution in [0.5, 0.6) is 0 Å². The Balaban J connectivity index is 2.39. The predicted octanol–water partition coefficient (Wildman–Crippen LogP) is 4.58. The van der Waals surface area contributed by atoms with Crippen molar-refractivity contribution in [3.8, 4) is 0 Å². The Labute approximate surface area is 151 Å². The SMILES string of the molecule is CCCCCO[Si](CC)(CCCN1CCOCC1)OCCCCC. The van der Waals surface area contributed by atoms with Crippen molar-refractivity contribution in [2.24, 2.45) is 0 Å². The highest BCUT2D eigenvalue weighted by atomic mass is 28.4. The molecule has 4 nitrogen and oxygen atoms in total. The summed E-state index contributed by atoms with van der Waals surface area (Å²) in [5, 5.41) is 0. The van der Waals surface area contributed by atoms with E-state index in [0.717, 1.165) is 58.1 Å². The molecule has 0 aromatic heterocycles. The minimum atomic E-state index is -2.01. The first-order valence-corrected chi connectivity index (χ1v) is 12.6. The van der Waals surface area contributed by atoms with E-state index in [1.54, 1.807) is 0 Å². The molecule has 144 valence electrons. The summed E-state index contributed by atoms with van der Waals surface area (Å²) >= 11 is 0. The maximum atomic E-state index is 6.42. The first-order chi connectivity index (χ1) is 11.8. The van der Waals surface area contributed by atoms with Gasteiger partial charge >= 0.3 is 8.56 Å². The monoisotopic (exact) mass is 359 g/mol. The van der Waals surface area contributed by atoms with E-state index in [1.807, 2.05) is 0 Å². The quantitative estimate of drug-likeness (QED) is 0.316. The van der Waals surface area contributed by atoms with Gasteiger partial charge < -0.3 is 13.6 Å². The number of hydrogen-bond donors (Lipinski definition) is 0. The standard InChI is InChI=1S/C19H41NO3Si/c1-4-7-9-15-22-24(6-3,23-16-10-8-5-2)19-11-12-20-13-17-21-18-14-20/h4-19H2,1-3H3. The van der Waals surface area contributed by atoms with Crippen molar-refractivity contribution in [1.82, 2.24) is 4.90 Å².